The van der Waals surface area contributed by atoms with Crippen LogP contribution >= 0.6 is 0 Å². The molecule has 0 saturated carbocycles. The molecule has 2 aliphatic heterocycles. The number of rotatable bonds is 10. The second-order valence-electron chi connectivity index (χ2n) is 11.8. The van der Waals surface area contributed by atoms with Crippen LogP contribution in [0.4, 0.5) is 0 Å². The Kier molecular flexibility index (Phi) is 11.2. The molecule has 0 spiro atoms. The van der Waals surface area contributed by atoms with E-state index in [0.717, 1.165) is 11.1 Å². The van der Waals surface area contributed by atoms with Crippen molar-refractivity contribution in [2.24, 2.45) is 0 Å². The van der Waals surface area contributed by atoms with Gasteiger partial charge >= 0.3 is 5.97 Å². The van der Waals surface area contributed by atoms with Gasteiger partial charge in [0.15, 0.2) is 0 Å². The number of carbonyl (C=O) groups is 5. The molecule has 3 N–H and O–H groups in total. The highest BCUT2D eigenvalue weighted by molar-refractivity contribution is 5.98. The summed E-state index contributed by atoms with van der Waals surface area (Å²) in [6.07, 6.45) is 2.76. The van der Waals surface area contributed by atoms with Gasteiger partial charge < -0.3 is 25.6 Å². The van der Waals surface area contributed by atoms with Gasteiger partial charge in [0.2, 0.25) is 23.6 Å². The number of benzene rings is 3. The summed E-state index contributed by atoms with van der Waals surface area (Å²) >= 11 is 0. The Bertz CT molecular complexity index is 1500. The summed E-state index contributed by atoms with van der Waals surface area (Å²) in [5.41, 5.74) is 2.16. The Morgan fingerprint density at radius 3 is 1.87 bits per heavy atom. The molecule has 4 atom stereocenters. The zero-order valence-electron chi connectivity index (χ0n) is 25.7. The lowest BCUT2D eigenvalue weighted by Gasteiger charge is -2.32. The van der Waals surface area contributed by atoms with Crippen molar-refractivity contribution in [2.75, 3.05) is 13.2 Å². The van der Waals surface area contributed by atoms with Crippen molar-refractivity contribution in [2.45, 2.75) is 69.1 Å². The molecular weight excluding hydrogens is 584 g/mol. The van der Waals surface area contributed by atoms with Gasteiger partial charge in [-0.3, -0.25) is 19.2 Å². The van der Waals surface area contributed by atoms with Crippen molar-refractivity contribution in [1.82, 2.24) is 20.9 Å². The first kappa shape index (κ1) is 32.4. The first-order valence-corrected chi connectivity index (χ1v) is 15.9. The highest BCUT2D eigenvalue weighted by Gasteiger charge is 2.40. The van der Waals surface area contributed by atoms with E-state index in [-0.39, 0.29) is 31.8 Å². The SMILES string of the molecule is O=C(OCCCC[C@@H]1NC(=O)[C@H]2CCCN2C(=O)[C@H](Cc2ccccc2)NC(=O)[C@H](Cc2ccccc2)NC1=O)c1ccccc1. The molecule has 5 rings (SSSR count). The number of carbonyl (C=O) groups excluding carboxylic acids is 5. The second kappa shape index (κ2) is 15.8. The van der Waals surface area contributed by atoms with Crippen LogP contribution in [-0.4, -0.2) is 71.8 Å². The van der Waals surface area contributed by atoms with E-state index in [2.05, 4.69) is 16.0 Å². The Morgan fingerprint density at radius 1 is 0.674 bits per heavy atom. The van der Waals surface area contributed by atoms with Crippen LogP contribution in [0.3, 0.4) is 0 Å². The lowest BCUT2D eigenvalue weighted by atomic mass is 10.00. The number of nitrogens with zero attached hydrogens (tertiary/aromatic N) is 1. The third kappa shape index (κ3) is 8.59. The van der Waals surface area contributed by atoms with E-state index in [1.54, 1.807) is 24.3 Å². The van der Waals surface area contributed by atoms with Gasteiger partial charge in [0.25, 0.3) is 0 Å². The summed E-state index contributed by atoms with van der Waals surface area (Å²) in [6.45, 7) is 0.540. The van der Waals surface area contributed by atoms with Crippen LogP contribution in [0.2, 0.25) is 0 Å². The Labute approximate surface area is 268 Å². The smallest absolute Gasteiger partial charge is 0.338 e. The molecule has 4 amide bonds. The summed E-state index contributed by atoms with van der Waals surface area (Å²) in [5.74, 6) is -2.10. The standard InChI is InChI=1S/C36H40N4O6/c41-32-28(19-10-11-22-46-36(45)27-17-8-3-9-18-27)37-34(43)31-20-12-21-40(31)35(44)30(24-26-15-6-2-7-16-26)39-33(42)29(38-32)23-25-13-4-1-5-14-25/h1-9,13-18,28-31H,10-12,19-24H2,(H,37,43)(H,38,41)(H,39,42)/t28-,29-,30-,31+/m0/s1. The quantitative estimate of drug-likeness (QED) is 0.235. The fourth-order valence-electron chi connectivity index (χ4n) is 5.97. The van der Waals surface area contributed by atoms with E-state index in [4.69, 9.17) is 4.74 Å². The first-order valence-electron chi connectivity index (χ1n) is 15.9. The minimum absolute atomic E-state index is 0.156. The first-order chi connectivity index (χ1) is 22.4. The Balaban J connectivity index is 1.33. The van der Waals surface area contributed by atoms with Crippen LogP contribution in [0.15, 0.2) is 91.0 Å². The molecule has 3 aromatic rings. The summed E-state index contributed by atoms with van der Waals surface area (Å²) in [5, 5.41) is 8.67. The molecule has 0 bridgehead atoms. The van der Waals surface area contributed by atoms with Crippen molar-refractivity contribution < 1.29 is 28.7 Å². The average molecular weight is 625 g/mol. The molecule has 2 aliphatic rings. The lowest BCUT2D eigenvalue weighted by molar-refractivity contribution is -0.143. The summed E-state index contributed by atoms with van der Waals surface area (Å²) in [6, 6.07) is 23.8. The number of ether oxygens (including phenoxy) is 1. The number of hydrogen-bond acceptors (Lipinski definition) is 6. The number of hydrogen-bond donors (Lipinski definition) is 3. The molecule has 10 nitrogen and oxygen atoms in total. The van der Waals surface area contributed by atoms with E-state index >= 15 is 0 Å². The molecule has 240 valence electrons. The van der Waals surface area contributed by atoms with Gasteiger partial charge in [-0.2, -0.15) is 0 Å². The monoisotopic (exact) mass is 624 g/mol. The predicted octanol–water partition coefficient (Wildman–Crippen LogP) is 2.96. The molecule has 0 aliphatic carbocycles. The third-order valence-corrected chi connectivity index (χ3v) is 8.41. The van der Waals surface area contributed by atoms with Crippen molar-refractivity contribution in [3.63, 3.8) is 0 Å². The predicted molar refractivity (Wildman–Crippen MR) is 171 cm³/mol. The molecule has 2 fully saturated rings. The van der Waals surface area contributed by atoms with Crippen LogP contribution in [0.5, 0.6) is 0 Å². The van der Waals surface area contributed by atoms with Gasteiger partial charge in [-0.25, -0.2) is 4.79 Å². The average Bonchev–Trinajstić information content (AvgIpc) is 3.58. The molecule has 2 saturated heterocycles. The maximum atomic E-state index is 14.0. The number of esters is 1. The molecule has 2 heterocycles. The van der Waals surface area contributed by atoms with Crippen LogP contribution in [0.25, 0.3) is 0 Å². The number of amides is 4. The Morgan fingerprint density at radius 2 is 1.22 bits per heavy atom. The number of unbranched alkanes of at least 4 members (excludes halogenated alkanes) is 1. The largest absolute Gasteiger partial charge is 0.462 e. The molecule has 10 heteroatoms. The van der Waals surface area contributed by atoms with Gasteiger partial charge in [-0.1, -0.05) is 78.9 Å². The van der Waals surface area contributed by atoms with Crippen molar-refractivity contribution in [3.05, 3.63) is 108 Å². The normalized spacial score (nSPS) is 22.0. The maximum absolute atomic E-state index is 14.0. The summed E-state index contributed by atoms with van der Waals surface area (Å²) in [7, 11) is 0. The van der Waals surface area contributed by atoms with Crippen LogP contribution < -0.4 is 16.0 Å². The van der Waals surface area contributed by atoms with Crippen molar-refractivity contribution in [3.8, 4) is 0 Å². The van der Waals surface area contributed by atoms with Crippen LogP contribution in [-0.2, 0) is 36.8 Å². The fourth-order valence-corrected chi connectivity index (χ4v) is 5.97. The zero-order chi connectivity index (χ0) is 32.3. The van der Waals surface area contributed by atoms with E-state index in [9.17, 15) is 24.0 Å². The third-order valence-electron chi connectivity index (χ3n) is 8.41. The van der Waals surface area contributed by atoms with Gasteiger partial charge in [-0.15, -0.1) is 0 Å². The highest BCUT2D eigenvalue weighted by atomic mass is 16.5. The van der Waals surface area contributed by atoms with E-state index in [1.165, 1.54) is 4.90 Å². The van der Waals surface area contributed by atoms with Crippen LogP contribution in [0, 0.1) is 0 Å². The Hall–Kier alpha value is -4.99. The van der Waals surface area contributed by atoms with Crippen molar-refractivity contribution in [1.29, 1.82) is 0 Å². The minimum atomic E-state index is -0.985. The van der Waals surface area contributed by atoms with Gasteiger partial charge in [0, 0.05) is 19.4 Å². The lowest BCUT2D eigenvalue weighted by Crippen LogP contribution is -2.62. The van der Waals surface area contributed by atoms with Gasteiger partial charge in [0.1, 0.15) is 24.2 Å². The van der Waals surface area contributed by atoms with E-state index < -0.39 is 47.9 Å². The highest BCUT2D eigenvalue weighted by Crippen LogP contribution is 2.21. The molecular formula is C36H40N4O6. The van der Waals surface area contributed by atoms with Crippen LogP contribution in [0.1, 0.15) is 53.6 Å². The molecule has 0 aromatic heterocycles. The van der Waals surface area contributed by atoms with Gasteiger partial charge in [0.05, 0.1) is 12.2 Å². The molecule has 0 radical (unpaired) electrons. The minimum Gasteiger partial charge on any atom is -0.462 e. The molecule has 46 heavy (non-hydrogen) atoms. The van der Waals surface area contributed by atoms with E-state index in [0.29, 0.717) is 37.8 Å². The second-order valence-corrected chi connectivity index (χ2v) is 11.8. The van der Waals surface area contributed by atoms with Crippen molar-refractivity contribution >= 4 is 29.6 Å². The molecule has 0 unspecified atom stereocenters. The summed E-state index contributed by atoms with van der Waals surface area (Å²) < 4.78 is 5.37. The summed E-state index contributed by atoms with van der Waals surface area (Å²) in [4.78, 5) is 69.0. The topological polar surface area (TPSA) is 134 Å². The number of nitrogens with one attached hydrogen (secondary N) is 3. The number of fused-ring (bicyclic) bond motifs is 1. The van der Waals surface area contributed by atoms with E-state index in [1.807, 2.05) is 66.7 Å². The fraction of sp³-hybridized carbons (Fsp3) is 0.361. The zero-order valence-corrected chi connectivity index (χ0v) is 25.7. The van der Waals surface area contributed by atoms with Gasteiger partial charge in [-0.05, 0) is 55.4 Å². The maximum Gasteiger partial charge on any atom is 0.338 e. The molecule has 3 aromatic carbocycles.